The molecule has 0 aliphatic carbocycles. The lowest BCUT2D eigenvalue weighted by atomic mass is 10.2. The molecule has 1 N–H and O–H groups in total. The van der Waals surface area contributed by atoms with Crippen LogP contribution in [0.2, 0.25) is 0 Å². The number of aromatic nitrogens is 1. The molecule has 3 heteroatoms. The topological polar surface area (TPSA) is 34.1 Å². The first-order valence-electron chi connectivity index (χ1n) is 6.80. The van der Waals surface area contributed by atoms with Crippen LogP contribution in [0, 0.1) is 11.8 Å². The van der Waals surface area contributed by atoms with Gasteiger partial charge < -0.3 is 10.1 Å². The molecule has 18 heavy (non-hydrogen) atoms. The van der Waals surface area contributed by atoms with E-state index in [2.05, 4.69) is 44.1 Å². The van der Waals surface area contributed by atoms with E-state index < -0.39 is 0 Å². The molecule has 1 aromatic heterocycles. The van der Waals surface area contributed by atoms with Crippen LogP contribution in [0.1, 0.15) is 39.0 Å². The van der Waals surface area contributed by atoms with Gasteiger partial charge in [0.05, 0.1) is 12.3 Å². The minimum Gasteiger partial charge on any atom is -0.375 e. The van der Waals surface area contributed by atoms with Crippen molar-refractivity contribution in [3.05, 3.63) is 29.6 Å². The van der Waals surface area contributed by atoms with Crippen LogP contribution in [0.25, 0.3) is 0 Å². The van der Waals surface area contributed by atoms with E-state index in [1.807, 2.05) is 12.3 Å². The Labute approximate surface area is 111 Å². The van der Waals surface area contributed by atoms with Crippen LogP contribution < -0.4 is 5.32 Å². The van der Waals surface area contributed by atoms with Gasteiger partial charge in [-0.2, -0.15) is 0 Å². The van der Waals surface area contributed by atoms with Gasteiger partial charge in [-0.1, -0.05) is 33.8 Å². The Kier molecular flexibility index (Phi) is 6.91. The Balaban J connectivity index is 2.28. The molecule has 0 amide bonds. The van der Waals surface area contributed by atoms with Crippen molar-refractivity contribution in [2.45, 2.75) is 40.8 Å². The highest BCUT2D eigenvalue weighted by atomic mass is 16.5. The Hall–Kier alpha value is -0.930. The lowest BCUT2D eigenvalue weighted by Gasteiger charge is -2.08. The largest absolute Gasteiger partial charge is 0.375 e. The lowest BCUT2D eigenvalue weighted by molar-refractivity contribution is 0.0948. The van der Waals surface area contributed by atoms with Crippen LogP contribution in [-0.2, 0) is 17.9 Å². The third-order valence-electron chi connectivity index (χ3n) is 2.47. The molecule has 1 heterocycles. The van der Waals surface area contributed by atoms with E-state index in [-0.39, 0.29) is 0 Å². The number of rotatable bonds is 8. The van der Waals surface area contributed by atoms with E-state index in [1.165, 1.54) is 5.56 Å². The molecule has 0 aliphatic heterocycles. The number of hydrogen-bond acceptors (Lipinski definition) is 3. The summed E-state index contributed by atoms with van der Waals surface area (Å²) in [6.07, 6.45) is 1.93. The van der Waals surface area contributed by atoms with Crippen LogP contribution in [0.5, 0.6) is 0 Å². The van der Waals surface area contributed by atoms with Gasteiger partial charge in [0.15, 0.2) is 0 Å². The summed E-state index contributed by atoms with van der Waals surface area (Å²) in [5.41, 5.74) is 2.23. The summed E-state index contributed by atoms with van der Waals surface area (Å²) >= 11 is 0. The molecule has 3 nitrogen and oxygen atoms in total. The minimum absolute atomic E-state index is 0.574. The summed E-state index contributed by atoms with van der Waals surface area (Å²) in [5.74, 6) is 1.26. The Morgan fingerprint density at radius 2 is 1.94 bits per heavy atom. The van der Waals surface area contributed by atoms with Crippen LogP contribution in [0.15, 0.2) is 18.3 Å². The predicted molar refractivity (Wildman–Crippen MR) is 75.3 cm³/mol. The van der Waals surface area contributed by atoms with Crippen molar-refractivity contribution >= 4 is 0 Å². The summed E-state index contributed by atoms with van der Waals surface area (Å²) in [5, 5.41) is 3.41. The van der Waals surface area contributed by atoms with Gasteiger partial charge in [0, 0.05) is 19.3 Å². The zero-order chi connectivity index (χ0) is 13.4. The first kappa shape index (κ1) is 15.1. The highest BCUT2D eigenvalue weighted by Crippen LogP contribution is 2.03. The molecular weight excluding hydrogens is 224 g/mol. The zero-order valence-electron chi connectivity index (χ0n) is 12.1. The summed E-state index contributed by atoms with van der Waals surface area (Å²) in [4.78, 5) is 4.41. The molecule has 0 atom stereocenters. The molecule has 0 saturated heterocycles. The number of hydrogen-bond donors (Lipinski definition) is 1. The molecular formula is C15H26N2O. The number of pyridine rings is 1. The van der Waals surface area contributed by atoms with Crippen LogP contribution >= 0.6 is 0 Å². The fourth-order valence-electron chi connectivity index (χ4n) is 1.55. The van der Waals surface area contributed by atoms with Gasteiger partial charge in [0.2, 0.25) is 0 Å². The van der Waals surface area contributed by atoms with E-state index >= 15 is 0 Å². The maximum absolute atomic E-state index is 5.56. The van der Waals surface area contributed by atoms with Gasteiger partial charge in [-0.05, 0) is 30.0 Å². The molecule has 0 saturated carbocycles. The molecule has 0 aromatic carbocycles. The second-order valence-electron chi connectivity index (χ2n) is 5.59. The van der Waals surface area contributed by atoms with Gasteiger partial charge in [-0.3, -0.25) is 4.98 Å². The highest BCUT2D eigenvalue weighted by molar-refractivity contribution is 5.13. The predicted octanol–water partition coefficient (Wildman–Crippen LogP) is 3.00. The fraction of sp³-hybridized carbons (Fsp3) is 0.667. The zero-order valence-corrected chi connectivity index (χ0v) is 12.1. The second-order valence-corrected chi connectivity index (χ2v) is 5.59. The van der Waals surface area contributed by atoms with Gasteiger partial charge in [-0.25, -0.2) is 0 Å². The number of nitrogens with one attached hydrogen (secondary N) is 1. The van der Waals surface area contributed by atoms with E-state index in [4.69, 9.17) is 4.74 Å². The van der Waals surface area contributed by atoms with Crippen molar-refractivity contribution in [2.24, 2.45) is 11.8 Å². The second kappa shape index (κ2) is 8.22. The van der Waals surface area contributed by atoms with Crippen molar-refractivity contribution in [3.8, 4) is 0 Å². The average molecular weight is 250 g/mol. The van der Waals surface area contributed by atoms with E-state index in [1.54, 1.807) is 0 Å². The van der Waals surface area contributed by atoms with Gasteiger partial charge in [-0.15, -0.1) is 0 Å². The summed E-state index contributed by atoms with van der Waals surface area (Å²) in [6.45, 7) is 12.0. The van der Waals surface area contributed by atoms with E-state index in [0.717, 1.165) is 25.4 Å². The van der Waals surface area contributed by atoms with Crippen LogP contribution in [0.3, 0.4) is 0 Å². The molecule has 0 bridgehead atoms. The van der Waals surface area contributed by atoms with Crippen molar-refractivity contribution in [3.63, 3.8) is 0 Å². The molecule has 1 rings (SSSR count). The monoisotopic (exact) mass is 250 g/mol. The Bertz CT molecular complexity index is 287. The minimum atomic E-state index is 0.574. The molecule has 0 radical (unpaired) electrons. The summed E-state index contributed by atoms with van der Waals surface area (Å²) in [6, 6.07) is 4.17. The smallest absolute Gasteiger partial charge is 0.0887 e. The summed E-state index contributed by atoms with van der Waals surface area (Å²) < 4.78 is 5.56. The molecule has 1 aromatic rings. The Morgan fingerprint density at radius 3 is 2.50 bits per heavy atom. The molecule has 0 fully saturated rings. The van der Waals surface area contributed by atoms with Crippen molar-refractivity contribution < 1.29 is 4.74 Å². The number of ether oxygens (including phenoxy) is 1. The maximum Gasteiger partial charge on any atom is 0.0887 e. The van der Waals surface area contributed by atoms with Gasteiger partial charge >= 0.3 is 0 Å². The van der Waals surface area contributed by atoms with Crippen LogP contribution in [-0.4, -0.2) is 18.1 Å². The fourth-order valence-corrected chi connectivity index (χ4v) is 1.55. The average Bonchev–Trinajstić information content (AvgIpc) is 2.30. The van der Waals surface area contributed by atoms with Crippen molar-refractivity contribution in [1.82, 2.24) is 10.3 Å². The third-order valence-corrected chi connectivity index (χ3v) is 2.47. The standard InChI is InChI=1S/C15H26N2O/c1-12(2)7-16-8-14-5-6-15(17-9-14)11-18-10-13(3)4/h5-6,9,12-13,16H,7-8,10-11H2,1-4H3. The Morgan fingerprint density at radius 1 is 1.17 bits per heavy atom. The highest BCUT2D eigenvalue weighted by Gasteiger charge is 1.99. The molecule has 0 spiro atoms. The van der Waals surface area contributed by atoms with Gasteiger partial charge in [0.25, 0.3) is 0 Å². The molecule has 0 aliphatic rings. The third kappa shape index (κ3) is 6.72. The quantitative estimate of drug-likeness (QED) is 0.770. The maximum atomic E-state index is 5.56. The lowest BCUT2D eigenvalue weighted by Crippen LogP contribution is -2.19. The first-order chi connectivity index (χ1) is 8.58. The number of nitrogens with zero attached hydrogens (tertiary/aromatic N) is 1. The first-order valence-corrected chi connectivity index (χ1v) is 6.80. The van der Waals surface area contributed by atoms with Crippen molar-refractivity contribution in [2.75, 3.05) is 13.2 Å². The van der Waals surface area contributed by atoms with Gasteiger partial charge in [0.1, 0.15) is 0 Å². The molecule has 102 valence electrons. The van der Waals surface area contributed by atoms with Crippen LogP contribution in [0.4, 0.5) is 0 Å². The van der Waals surface area contributed by atoms with Crippen molar-refractivity contribution in [1.29, 1.82) is 0 Å². The normalized spacial score (nSPS) is 11.4. The van der Waals surface area contributed by atoms with E-state index in [9.17, 15) is 0 Å². The SMILES string of the molecule is CC(C)CNCc1ccc(COCC(C)C)nc1. The molecule has 0 unspecified atom stereocenters. The summed E-state index contributed by atoms with van der Waals surface area (Å²) in [7, 11) is 0. The van der Waals surface area contributed by atoms with E-state index in [0.29, 0.717) is 18.4 Å².